The first-order valence-corrected chi connectivity index (χ1v) is 14.9. The molecule has 5 bridgehead atoms. The summed E-state index contributed by atoms with van der Waals surface area (Å²) in [5.41, 5.74) is -0.809. The van der Waals surface area contributed by atoms with Crippen molar-refractivity contribution in [1.29, 1.82) is 0 Å². The molecule has 12 atom stereocenters. The van der Waals surface area contributed by atoms with Crippen molar-refractivity contribution in [3.8, 4) is 5.75 Å². The van der Waals surface area contributed by atoms with Gasteiger partial charge in [0.15, 0.2) is 5.78 Å². The van der Waals surface area contributed by atoms with Crippen LogP contribution in [0.1, 0.15) is 65.9 Å². The number of nitrogens with one attached hydrogen (secondary N) is 1. The van der Waals surface area contributed by atoms with Gasteiger partial charge in [-0.15, -0.1) is 0 Å². The molecular formula is C33H43NO5. The Morgan fingerprint density at radius 2 is 1.79 bits per heavy atom. The van der Waals surface area contributed by atoms with E-state index in [-0.39, 0.29) is 53.8 Å². The van der Waals surface area contributed by atoms with Crippen molar-refractivity contribution in [3.05, 3.63) is 41.5 Å². The van der Waals surface area contributed by atoms with E-state index in [1.54, 1.807) is 7.11 Å². The van der Waals surface area contributed by atoms with Gasteiger partial charge in [-0.1, -0.05) is 51.5 Å². The summed E-state index contributed by atoms with van der Waals surface area (Å²) in [7, 11) is 1.60. The van der Waals surface area contributed by atoms with Gasteiger partial charge >= 0.3 is 0 Å². The van der Waals surface area contributed by atoms with E-state index >= 15 is 4.79 Å². The topological polar surface area (TPSA) is 84.9 Å². The SMILES string of the molecule is CO[C@@]12Cc3ccc(cc3)O[C@H]3[C@@H]4[C@H]5C(=O)[C@](C[C@@H](O)[C@@]5(C)C=C(C)[C@H]4[C@]4(C)C[C@H](C)C[C@H](C)[C@@H]34)(C1)C(=O)N2. The van der Waals surface area contributed by atoms with E-state index < -0.39 is 28.6 Å². The van der Waals surface area contributed by atoms with Crippen LogP contribution in [0, 0.1) is 51.8 Å². The van der Waals surface area contributed by atoms with E-state index in [1.807, 2.05) is 19.1 Å². The lowest BCUT2D eigenvalue weighted by atomic mass is 9.47. The fourth-order valence-corrected chi connectivity index (χ4v) is 11.2. The molecule has 2 N–H and O–H groups in total. The Hall–Kier alpha value is -2.18. The van der Waals surface area contributed by atoms with Gasteiger partial charge in [0.1, 0.15) is 23.0 Å². The number of aliphatic hydroxyl groups is 1. The van der Waals surface area contributed by atoms with Crippen molar-refractivity contribution >= 4 is 11.7 Å². The first-order valence-electron chi connectivity index (χ1n) is 14.9. The largest absolute Gasteiger partial charge is 0.490 e. The number of amides is 1. The average Bonchev–Trinajstić information content (AvgIpc) is 3.28. The molecule has 6 nitrogen and oxygen atoms in total. The molecule has 39 heavy (non-hydrogen) atoms. The maximum atomic E-state index is 15.0. The summed E-state index contributed by atoms with van der Waals surface area (Å²) in [6.07, 6.45) is 4.26. The van der Waals surface area contributed by atoms with E-state index in [4.69, 9.17) is 9.47 Å². The Bertz CT molecular complexity index is 1270. The summed E-state index contributed by atoms with van der Waals surface area (Å²) in [5, 5.41) is 15.0. The number of hydrogen-bond donors (Lipinski definition) is 2. The van der Waals surface area contributed by atoms with Crippen molar-refractivity contribution < 1.29 is 24.2 Å². The molecule has 3 heterocycles. The highest BCUT2D eigenvalue weighted by Crippen LogP contribution is 2.70. The molecule has 3 aliphatic heterocycles. The fraction of sp³-hybridized carbons (Fsp3) is 0.697. The molecule has 7 aliphatic rings. The number of carbonyl (C=O) groups excluding carboxylic acids is 2. The van der Waals surface area contributed by atoms with Gasteiger partial charge in [0.2, 0.25) is 5.91 Å². The predicted octanol–water partition coefficient (Wildman–Crippen LogP) is 4.69. The van der Waals surface area contributed by atoms with Crippen molar-refractivity contribution in [2.45, 2.75) is 84.7 Å². The van der Waals surface area contributed by atoms with Gasteiger partial charge in [-0.25, -0.2) is 0 Å². The first-order chi connectivity index (χ1) is 18.4. The van der Waals surface area contributed by atoms with Crippen molar-refractivity contribution in [1.82, 2.24) is 5.32 Å². The molecule has 3 saturated carbocycles. The van der Waals surface area contributed by atoms with Gasteiger partial charge in [0.25, 0.3) is 0 Å². The molecule has 0 unspecified atom stereocenters. The van der Waals surface area contributed by atoms with Gasteiger partial charge in [-0.3, -0.25) is 9.59 Å². The molecule has 1 aromatic rings. The second-order valence-corrected chi connectivity index (χ2v) is 14.7. The molecule has 0 radical (unpaired) electrons. The zero-order valence-electron chi connectivity index (χ0n) is 24.1. The monoisotopic (exact) mass is 533 g/mol. The van der Waals surface area contributed by atoms with Crippen molar-refractivity contribution in [2.24, 2.45) is 51.8 Å². The van der Waals surface area contributed by atoms with E-state index in [2.05, 4.69) is 51.2 Å². The number of ketones is 1. The number of carbonyl (C=O) groups is 2. The van der Waals surface area contributed by atoms with Crippen LogP contribution in [-0.2, 0) is 20.7 Å². The second kappa shape index (κ2) is 7.97. The van der Waals surface area contributed by atoms with E-state index in [9.17, 15) is 9.90 Å². The molecule has 4 aliphatic carbocycles. The number of aliphatic hydroxyl groups excluding tert-OH is 1. The third-order valence-electron chi connectivity index (χ3n) is 12.3. The standard InChI is InChI=1S/C33H43NO5/c1-17-11-18(2)25-27-23-24(31(25,5)12-17)19(3)13-30(4)22(35)15-32(28(36)26(23)30)16-33(38-6,34-29(32)37)14-20-7-9-21(39-27)10-8-20/h7-10,13,17-18,22-27,35H,11-12,14-16H2,1-6H3,(H,34,37)/t17-,18+,22-,23+,24-,25+,26+,27+,30-,31+,32+,33+/m1/s1. The van der Waals surface area contributed by atoms with Crippen LogP contribution in [0.15, 0.2) is 35.9 Å². The van der Waals surface area contributed by atoms with Crippen LogP contribution in [0.3, 0.4) is 0 Å². The lowest BCUT2D eigenvalue weighted by molar-refractivity contribution is -0.167. The first kappa shape index (κ1) is 25.8. The predicted molar refractivity (Wildman–Crippen MR) is 147 cm³/mol. The molecule has 1 amide bonds. The lowest BCUT2D eigenvalue weighted by Crippen LogP contribution is -2.63. The molecule has 4 fully saturated rings. The van der Waals surface area contributed by atoms with Crippen molar-refractivity contribution in [2.75, 3.05) is 7.11 Å². The highest BCUT2D eigenvalue weighted by Gasteiger charge is 2.74. The number of rotatable bonds is 1. The third-order valence-corrected chi connectivity index (χ3v) is 12.3. The molecule has 1 spiro atoms. The smallest absolute Gasteiger partial charge is 0.236 e. The summed E-state index contributed by atoms with van der Waals surface area (Å²) < 4.78 is 13.0. The van der Waals surface area contributed by atoms with Gasteiger partial charge in [-0.05, 0) is 67.1 Å². The molecule has 8 rings (SSSR count). The third kappa shape index (κ3) is 3.16. The van der Waals surface area contributed by atoms with Crippen LogP contribution < -0.4 is 10.1 Å². The summed E-state index contributed by atoms with van der Waals surface area (Å²) in [6.45, 7) is 11.4. The fourth-order valence-electron chi connectivity index (χ4n) is 11.2. The maximum Gasteiger partial charge on any atom is 0.236 e. The Labute approximate surface area is 231 Å². The number of ether oxygens (including phenoxy) is 2. The number of fused-ring (bicyclic) bond motifs is 4. The highest BCUT2D eigenvalue weighted by atomic mass is 16.5. The van der Waals surface area contributed by atoms with Gasteiger partial charge in [0.05, 0.1) is 6.10 Å². The molecule has 0 aromatic heterocycles. The Kier molecular flexibility index (Phi) is 5.27. The lowest BCUT2D eigenvalue weighted by Gasteiger charge is -2.56. The number of allylic oxidation sites excluding steroid dienone is 1. The Balaban J connectivity index is 1.49. The van der Waals surface area contributed by atoms with E-state index in [0.29, 0.717) is 18.3 Å². The van der Waals surface area contributed by atoms with Crippen LogP contribution in [0.2, 0.25) is 0 Å². The quantitative estimate of drug-likeness (QED) is 0.404. The molecule has 210 valence electrons. The number of methoxy groups -OCH3 is 1. The van der Waals surface area contributed by atoms with Crippen LogP contribution in [0.25, 0.3) is 0 Å². The van der Waals surface area contributed by atoms with Crippen molar-refractivity contribution in [3.63, 3.8) is 0 Å². The number of hydrogen-bond acceptors (Lipinski definition) is 5. The summed E-state index contributed by atoms with van der Waals surface area (Å²) >= 11 is 0. The molecule has 6 heteroatoms. The average molecular weight is 534 g/mol. The van der Waals surface area contributed by atoms with Crippen LogP contribution in [0.5, 0.6) is 5.75 Å². The zero-order valence-corrected chi connectivity index (χ0v) is 24.1. The maximum absolute atomic E-state index is 15.0. The van der Waals surface area contributed by atoms with Crippen LogP contribution in [0.4, 0.5) is 0 Å². The van der Waals surface area contributed by atoms with E-state index in [1.165, 1.54) is 5.57 Å². The summed E-state index contributed by atoms with van der Waals surface area (Å²) in [4.78, 5) is 29.0. The van der Waals surface area contributed by atoms with Gasteiger partial charge in [0, 0.05) is 43.1 Å². The van der Waals surface area contributed by atoms with Gasteiger partial charge < -0.3 is 19.9 Å². The second-order valence-electron chi connectivity index (χ2n) is 14.7. The number of benzene rings is 1. The molecule has 1 aromatic carbocycles. The molecule has 1 saturated heterocycles. The van der Waals surface area contributed by atoms with Gasteiger partial charge in [-0.2, -0.15) is 0 Å². The van der Waals surface area contributed by atoms with Crippen LogP contribution >= 0.6 is 0 Å². The van der Waals surface area contributed by atoms with E-state index in [0.717, 1.165) is 24.2 Å². The molecular weight excluding hydrogens is 490 g/mol. The minimum atomic E-state index is -1.31. The summed E-state index contributed by atoms with van der Waals surface area (Å²) in [5.74, 6) is 1.34. The Morgan fingerprint density at radius 1 is 1.08 bits per heavy atom. The minimum Gasteiger partial charge on any atom is -0.490 e. The normalized spacial score (nSPS) is 51.6. The van der Waals surface area contributed by atoms with Crippen LogP contribution in [-0.4, -0.2) is 41.8 Å². The highest BCUT2D eigenvalue weighted by molar-refractivity contribution is 6.10. The number of Topliss-reactive ketones (excluding diaryl/α,β-unsaturated/α-hetero) is 1. The minimum absolute atomic E-state index is 0.0236. The zero-order chi connectivity index (χ0) is 27.7. The summed E-state index contributed by atoms with van der Waals surface area (Å²) in [6, 6.07) is 8.19. The Morgan fingerprint density at radius 3 is 2.49 bits per heavy atom.